The molecule has 1 saturated heterocycles. The van der Waals surface area contributed by atoms with E-state index in [1.54, 1.807) is 6.07 Å². The molecule has 1 fully saturated rings. The van der Waals surface area contributed by atoms with Gasteiger partial charge in [-0.3, -0.25) is 0 Å². The Morgan fingerprint density at radius 2 is 2.00 bits per heavy atom. The fourth-order valence-corrected chi connectivity index (χ4v) is 6.62. The SMILES string of the molecule is NS(=O)(=O)C1CCCN(S(=O)(=O)c2ccc(Br)s2)C1. The second-order valence-electron chi connectivity index (χ2n) is 4.27. The second-order valence-corrected chi connectivity index (χ2v) is 10.7. The Hall–Kier alpha value is -0.0000000000000000833. The summed E-state index contributed by atoms with van der Waals surface area (Å²) in [6.07, 6.45) is 0.895. The summed E-state index contributed by atoms with van der Waals surface area (Å²) < 4.78 is 49.5. The molecule has 108 valence electrons. The van der Waals surface area contributed by atoms with Crippen LogP contribution in [0.2, 0.25) is 0 Å². The maximum atomic E-state index is 12.4. The normalized spacial score (nSPS) is 22.5. The molecule has 0 amide bonds. The van der Waals surface area contributed by atoms with E-state index in [4.69, 9.17) is 5.14 Å². The van der Waals surface area contributed by atoms with Gasteiger partial charge < -0.3 is 0 Å². The minimum absolute atomic E-state index is 0.0727. The summed E-state index contributed by atoms with van der Waals surface area (Å²) in [6, 6.07) is 3.16. The molecule has 0 radical (unpaired) electrons. The van der Waals surface area contributed by atoms with Crippen molar-refractivity contribution in [1.82, 2.24) is 4.31 Å². The first-order valence-electron chi connectivity index (χ1n) is 5.48. The van der Waals surface area contributed by atoms with Crippen LogP contribution in [-0.4, -0.2) is 39.5 Å². The van der Waals surface area contributed by atoms with Crippen LogP contribution in [0.1, 0.15) is 12.8 Å². The lowest BCUT2D eigenvalue weighted by Gasteiger charge is -2.30. The van der Waals surface area contributed by atoms with Crippen molar-refractivity contribution in [3.8, 4) is 0 Å². The highest BCUT2D eigenvalue weighted by Gasteiger charge is 2.35. The van der Waals surface area contributed by atoms with E-state index in [1.807, 2.05) is 0 Å². The molecule has 19 heavy (non-hydrogen) atoms. The van der Waals surface area contributed by atoms with Crippen LogP contribution in [0.3, 0.4) is 0 Å². The monoisotopic (exact) mass is 388 g/mol. The van der Waals surface area contributed by atoms with Crippen LogP contribution >= 0.6 is 27.3 Å². The van der Waals surface area contributed by atoms with Crippen molar-refractivity contribution >= 4 is 47.3 Å². The van der Waals surface area contributed by atoms with Crippen LogP contribution in [-0.2, 0) is 20.0 Å². The van der Waals surface area contributed by atoms with E-state index in [0.29, 0.717) is 23.2 Å². The van der Waals surface area contributed by atoms with Gasteiger partial charge in [0.25, 0.3) is 10.0 Å². The molecular weight excluding hydrogens is 376 g/mol. The van der Waals surface area contributed by atoms with E-state index >= 15 is 0 Å². The Balaban J connectivity index is 2.27. The lowest BCUT2D eigenvalue weighted by atomic mass is 10.2. The lowest BCUT2D eigenvalue weighted by molar-refractivity contribution is 0.346. The molecule has 6 nitrogen and oxygen atoms in total. The van der Waals surface area contributed by atoms with Crippen LogP contribution in [0, 0.1) is 0 Å². The van der Waals surface area contributed by atoms with Crippen molar-refractivity contribution in [2.75, 3.05) is 13.1 Å². The molecule has 0 saturated carbocycles. The fraction of sp³-hybridized carbons (Fsp3) is 0.556. The zero-order valence-corrected chi connectivity index (χ0v) is 13.9. The van der Waals surface area contributed by atoms with E-state index in [-0.39, 0.29) is 10.8 Å². The number of nitrogens with two attached hydrogens (primary N) is 1. The second kappa shape index (κ2) is 5.41. The Kier molecular flexibility index (Phi) is 4.38. The quantitative estimate of drug-likeness (QED) is 0.832. The first-order chi connectivity index (χ1) is 8.71. The van der Waals surface area contributed by atoms with Gasteiger partial charge in [0.2, 0.25) is 10.0 Å². The molecule has 0 spiro atoms. The van der Waals surface area contributed by atoms with Crippen molar-refractivity contribution in [3.63, 3.8) is 0 Å². The van der Waals surface area contributed by atoms with Gasteiger partial charge in [0.05, 0.1) is 9.04 Å². The minimum Gasteiger partial charge on any atom is -0.228 e. The third-order valence-electron chi connectivity index (χ3n) is 2.95. The number of primary sulfonamides is 1. The number of rotatable bonds is 3. The van der Waals surface area contributed by atoms with E-state index in [2.05, 4.69) is 15.9 Å². The van der Waals surface area contributed by atoms with E-state index in [1.165, 1.54) is 10.4 Å². The number of sulfonamides is 2. The number of thiophene rings is 1. The molecule has 0 bridgehead atoms. The molecule has 1 atom stereocenters. The summed E-state index contributed by atoms with van der Waals surface area (Å²) in [5.74, 6) is 0. The van der Waals surface area contributed by atoms with Crippen molar-refractivity contribution in [1.29, 1.82) is 0 Å². The van der Waals surface area contributed by atoms with E-state index in [9.17, 15) is 16.8 Å². The molecule has 1 aromatic heterocycles. The Morgan fingerprint density at radius 1 is 1.32 bits per heavy atom. The van der Waals surface area contributed by atoms with Crippen LogP contribution < -0.4 is 5.14 Å². The van der Waals surface area contributed by atoms with Gasteiger partial charge in [-0.2, -0.15) is 4.31 Å². The van der Waals surface area contributed by atoms with Gasteiger partial charge in [-0.05, 0) is 40.9 Å². The number of hydrogen-bond acceptors (Lipinski definition) is 5. The minimum atomic E-state index is -3.71. The fourth-order valence-electron chi connectivity index (χ4n) is 1.96. The lowest BCUT2D eigenvalue weighted by Crippen LogP contribution is -2.46. The van der Waals surface area contributed by atoms with Gasteiger partial charge in [0.15, 0.2) is 0 Å². The van der Waals surface area contributed by atoms with E-state index in [0.717, 1.165) is 11.3 Å². The number of hydrogen-bond donors (Lipinski definition) is 1. The number of nitrogens with zero attached hydrogens (tertiary/aromatic N) is 1. The summed E-state index contributed by atoms with van der Waals surface area (Å²) in [4.78, 5) is 0. The molecule has 1 aliphatic rings. The maximum Gasteiger partial charge on any atom is 0.252 e. The molecule has 0 aromatic carbocycles. The first-order valence-corrected chi connectivity index (χ1v) is 10.1. The largest absolute Gasteiger partial charge is 0.252 e. The molecule has 10 heteroatoms. The molecular formula is C9H13BrN2O4S3. The summed E-state index contributed by atoms with van der Waals surface area (Å²) in [7, 11) is -7.34. The topological polar surface area (TPSA) is 97.5 Å². The molecule has 1 unspecified atom stereocenters. The van der Waals surface area contributed by atoms with Crippen LogP contribution in [0.5, 0.6) is 0 Å². The molecule has 2 heterocycles. The van der Waals surface area contributed by atoms with Crippen molar-refractivity contribution in [3.05, 3.63) is 15.9 Å². The Bertz CT molecular complexity index is 667. The predicted octanol–water partition coefficient (Wildman–Crippen LogP) is 0.952. The zero-order valence-electron chi connectivity index (χ0n) is 9.82. The van der Waals surface area contributed by atoms with Crippen LogP contribution in [0.25, 0.3) is 0 Å². The Labute approximate surface area is 124 Å². The molecule has 0 aliphatic carbocycles. The van der Waals surface area contributed by atoms with Gasteiger partial charge in [-0.15, -0.1) is 11.3 Å². The molecule has 2 N–H and O–H groups in total. The van der Waals surface area contributed by atoms with Crippen molar-refractivity contribution in [2.45, 2.75) is 22.3 Å². The average Bonchev–Trinajstić information content (AvgIpc) is 2.76. The third kappa shape index (κ3) is 3.37. The molecule has 2 rings (SSSR count). The van der Waals surface area contributed by atoms with Crippen molar-refractivity contribution in [2.24, 2.45) is 5.14 Å². The van der Waals surface area contributed by atoms with Gasteiger partial charge in [-0.25, -0.2) is 22.0 Å². The van der Waals surface area contributed by atoms with Crippen molar-refractivity contribution < 1.29 is 16.8 Å². The first kappa shape index (κ1) is 15.4. The molecule has 1 aromatic rings. The summed E-state index contributed by atoms with van der Waals surface area (Å²) in [5.41, 5.74) is 0. The summed E-state index contributed by atoms with van der Waals surface area (Å²) >= 11 is 4.32. The number of halogens is 1. The smallest absolute Gasteiger partial charge is 0.228 e. The molecule has 1 aliphatic heterocycles. The van der Waals surface area contributed by atoms with E-state index < -0.39 is 25.3 Å². The van der Waals surface area contributed by atoms with Crippen LogP contribution in [0.15, 0.2) is 20.1 Å². The average molecular weight is 389 g/mol. The summed E-state index contributed by atoms with van der Waals surface area (Å²) in [6.45, 7) is 0.251. The van der Waals surface area contributed by atoms with Gasteiger partial charge in [0, 0.05) is 13.1 Å². The maximum absolute atomic E-state index is 12.4. The predicted molar refractivity (Wildman–Crippen MR) is 76.9 cm³/mol. The van der Waals surface area contributed by atoms with Gasteiger partial charge in [-0.1, -0.05) is 0 Å². The van der Waals surface area contributed by atoms with Crippen LogP contribution in [0.4, 0.5) is 0 Å². The highest BCUT2D eigenvalue weighted by Crippen LogP contribution is 2.30. The number of piperidine rings is 1. The third-order valence-corrected chi connectivity index (χ3v) is 8.22. The highest BCUT2D eigenvalue weighted by atomic mass is 79.9. The summed E-state index contributed by atoms with van der Waals surface area (Å²) in [5, 5.41) is 4.28. The zero-order chi connectivity index (χ0) is 14.3. The standard InChI is InChI=1S/C9H13BrN2O4S3/c10-8-3-4-9(17-8)19(15,16)12-5-1-2-7(6-12)18(11,13)14/h3-4,7H,1-2,5-6H2,(H2,11,13,14). The highest BCUT2D eigenvalue weighted by molar-refractivity contribution is 9.11. The van der Waals surface area contributed by atoms with Gasteiger partial charge >= 0.3 is 0 Å². The Morgan fingerprint density at radius 3 is 2.53 bits per heavy atom. The van der Waals surface area contributed by atoms with Gasteiger partial charge in [0.1, 0.15) is 4.21 Å².